The Morgan fingerprint density at radius 1 is 0.944 bits per heavy atom. The Labute approximate surface area is 215 Å². The van der Waals surface area contributed by atoms with E-state index in [4.69, 9.17) is 21.7 Å². The molecule has 2 heterocycles. The summed E-state index contributed by atoms with van der Waals surface area (Å²) in [6, 6.07) is 22.3. The molecule has 1 aliphatic rings. The van der Waals surface area contributed by atoms with Crippen LogP contribution in [0.2, 0.25) is 0 Å². The molecular formula is C29H29N3O3S. The summed E-state index contributed by atoms with van der Waals surface area (Å²) in [6.45, 7) is 5.90. The Hall–Kier alpha value is -3.84. The number of aromatic nitrogens is 1. The number of rotatable bonds is 7. The van der Waals surface area contributed by atoms with Crippen molar-refractivity contribution in [3.8, 4) is 11.5 Å². The van der Waals surface area contributed by atoms with Crippen LogP contribution in [0, 0.1) is 13.8 Å². The van der Waals surface area contributed by atoms with Gasteiger partial charge in [-0.05, 0) is 72.9 Å². The summed E-state index contributed by atoms with van der Waals surface area (Å²) in [5.74, 6) is 1.47. The van der Waals surface area contributed by atoms with E-state index in [1.165, 1.54) is 5.56 Å². The quantitative estimate of drug-likeness (QED) is 0.349. The van der Waals surface area contributed by atoms with Gasteiger partial charge in [0.15, 0.2) is 16.6 Å². The van der Waals surface area contributed by atoms with Gasteiger partial charge in [0.1, 0.15) is 0 Å². The minimum Gasteiger partial charge on any atom is -0.454 e. The highest BCUT2D eigenvalue weighted by atomic mass is 32.1. The van der Waals surface area contributed by atoms with Gasteiger partial charge in [-0.2, -0.15) is 0 Å². The monoisotopic (exact) mass is 499 g/mol. The maximum Gasteiger partial charge on any atom is 0.253 e. The number of aromatic amines is 1. The lowest BCUT2D eigenvalue weighted by Gasteiger charge is -2.26. The SMILES string of the molecule is Cc1ccc(C)c2[nH]c(=O)c(CN(Cc3ccc4c(c3)OCO4)C(=S)NCCc3ccccc3)cc12. The van der Waals surface area contributed by atoms with Gasteiger partial charge in [0.25, 0.3) is 5.56 Å². The van der Waals surface area contributed by atoms with Gasteiger partial charge in [-0.15, -0.1) is 0 Å². The molecule has 0 radical (unpaired) electrons. The molecule has 184 valence electrons. The average Bonchev–Trinajstić information content (AvgIpc) is 3.35. The molecule has 6 nitrogen and oxygen atoms in total. The molecule has 0 spiro atoms. The van der Waals surface area contributed by atoms with Crippen molar-refractivity contribution in [3.05, 3.63) is 105 Å². The molecule has 0 amide bonds. The van der Waals surface area contributed by atoms with Crippen LogP contribution in [0.1, 0.15) is 27.8 Å². The van der Waals surface area contributed by atoms with Crippen molar-refractivity contribution in [3.63, 3.8) is 0 Å². The van der Waals surface area contributed by atoms with E-state index in [1.807, 2.05) is 60.4 Å². The van der Waals surface area contributed by atoms with Gasteiger partial charge in [0.05, 0.1) is 12.1 Å². The van der Waals surface area contributed by atoms with Crippen molar-refractivity contribution in [1.82, 2.24) is 15.2 Å². The van der Waals surface area contributed by atoms with Crippen molar-refractivity contribution in [1.29, 1.82) is 0 Å². The van der Waals surface area contributed by atoms with Gasteiger partial charge in [0.2, 0.25) is 6.79 Å². The lowest BCUT2D eigenvalue weighted by atomic mass is 10.0. The first kappa shape index (κ1) is 23.9. The Kier molecular flexibility index (Phi) is 6.91. The molecule has 4 aromatic rings. The summed E-state index contributed by atoms with van der Waals surface area (Å²) in [6.07, 6.45) is 0.855. The number of aryl methyl sites for hydroxylation is 2. The normalized spacial score (nSPS) is 12.1. The summed E-state index contributed by atoms with van der Waals surface area (Å²) in [5, 5.41) is 5.04. The van der Waals surface area contributed by atoms with Crippen LogP contribution in [-0.4, -0.2) is 28.3 Å². The first-order chi connectivity index (χ1) is 17.5. The Morgan fingerprint density at radius 2 is 1.72 bits per heavy atom. The summed E-state index contributed by atoms with van der Waals surface area (Å²) in [5.41, 5.74) is 5.90. The molecule has 5 rings (SSSR count). The van der Waals surface area contributed by atoms with Crippen LogP contribution >= 0.6 is 12.2 Å². The summed E-state index contributed by atoms with van der Waals surface area (Å²) >= 11 is 5.82. The fraction of sp³-hybridized carbons (Fsp3) is 0.241. The van der Waals surface area contributed by atoms with Crippen molar-refractivity contribution in [2.45, 2.75) is 33.4 Å². The highest BCUT2D eigenvalue weighted by molar-refractivity contribution is 7.80. The highest BCUT2D eigenvalue weighted by Gasteiger charge is 2.18. The van der Waals surface area contributed by atoms with Crippen molar-refractivity contribution in [2.24, 2.45) is 0 Å². The molecule has 0 saturated heterocycles. The zero-order valence-corrected chi connectivity index (χ0v) is 21.3. The first-order valence-corrected chi connectivity index (χ1v) is 12.5. The maximum absolute atomic E-state index is 13.1. The summed E-state index contributed by atoms with van der Waals surface area (Å²) in [7, 11) is 0. The number of H-pyrrole nitrogens is 1. The van der Waals surface area contributed by atoms with E-state index in [9.17, 15) is 4.79 Å². The molecule has 0 aliphatic carbocycles. The van der Waals surface area contributed by atoms with E-state index in [1.54, 1.807) is 0 Å². The number of hydrogen-bond donors (Lipinski definition) is 2. The van der Waals surface area contributed by atoms with Crippen molar-refractivity contribution < 1.29 is 9.47 Å². The molecule has 0 bridgehead atoms. The number of thiocarbonyl (C=S) groups is 1. The number of ether oxygens (including phenoxy) is 2. The second kappa shape index (κ2) is 10.4. The van der Waals surface area contributed by atoms with Gasteiger partial charge < -0.3 is 24.7 Å². The molecule has 0 fully saturated rings. The van der Waals surface area contributed by atoms with E-state index in [0.29, 0.717) is 30.3 Å². The average molecular weight is 500 g/mol. The van der Waals surface area contributed by atoms with Gasteiger partial charge in [-0.3, -0.25) is 4.79 Å². The Bertz CT molecular complexity index is 1470. The molecule has 36 heavy (non-hydrogen) atoms. The molecule has 1 aromatic heterocycles. The zero-order chi connectivity index (χ0) is 25.1. The fourth-order valence-corrected chi connectivity index (χ4v) is 4.70. The van der Waals surface area contributed by atoms with Gasteiger partial charge in [-0.25, -0.2) is 0 Å². The third kappa shape index (κ3) is 5.21. The van der Waals surface area contributed by atoms with Crippen LogP contribution < -0.4 is 20.3 Å². The molecule has 0 unspecified atom stereocenters. The second-order valence-corrected chi connectivity index (χ2v) is 9.51. The smallest absolute Gasteiger partial charge is 0.253 e. The first-order valence-electron chi connectivity index (χ1n) is 12.1. The standard InChI is InChI=1S/C29H29N3O3S/c1-19-8-9-20(2)27-24(19)15-23(28(33)31-27)17-32(16-22-10-11-25-26(14-22)35-18-34-25)29(36)30-13-12-21-6-4-3-5-7-21/h3-11,14-15H,12-13,16-18H2,1-2H3,(H,30,36)(H,31,33). The molecule has 3 aromatic carbocycles. The number of nitrogens with one attached hydrogen (secondary N) is 2. The number of nitrogens with zero attached hydrogens (tertiary/aromatic N) is 1. The largest absolute Gasteiger partial charge is 0.454 e. The molecule has 2 N–H and O–H groups in total. The van der Waals surface area contributed by atoms with E-state index >= 15 is 0 Å². The molecule has 1 aliphatic heterocycles. The lowest BCUT2D eigenvalue weighted by Crippen LogP contribution is -2.40. The number of fused-ring (bicyclic) bond motifs is 2. The number of pyridine rings is 1. The predicted molar refractivity (Wildman–Crippen MR) is 147 cm³/mol. The number of benzene rings is 3. The molecule has 0 atom stereocenters. The third-order valence-corrected chi connectivity index (χ3v) is 6.91. The predicted octanol–water partition coefficient (Wildman–Crippen LogP) is 4.99. The van der Waals surface area contributed by atoms with Crippen molar-refractivity contribution >= 4 is 28.2 Å². The number of hydrogen-bond acceptors (Lipinski definition) is 4. The summed E-state index contributed by atoms with van der Waals surface area (Å²) < 4.78 is 11.0. The summed E-state index contributed by atoms with van der Waals surface area (Å²) in [4.78, 5) is 18.2. The fourth-order valence-electron chi connectivity index (χ4n) is 4.47. The van der Waals surface area contributed by atoms with Crippen LogP contribution in [-0.2, 0) is 19.5 Å². The van der Waals surface area contributed by atoms with Crippen LogP contribution in [0.15, 0.2) is 71.5 Å². The van der Waals surface area contributed by atoms with Crippen molar-refractivity contribution in [2.75, 3.05) is 13.3 Å². The van der Waals surface area contributed by atoms with E-state index in [2.05, 4.69) is 35.4 Å². The topological polar surface area (TPSA) is 66.6 Å². The van der Waals surface area contributed by atoms with Gasteiger partial charge in [-0.1, -0.05) is 48.5 Å². The second-order valence-electron chi connectivity index (χ2n) is 9.12. The Morgan fingerprint density at radius 3 is 2.56 bits per heavy atom. The van der Waals surface area contributed by atoms with Crippen LogP contribution in [0.4, 0.5) is 0 Å². The lowest BCUT2D eigenvalue weighted by molar-refractivity contribution is 0.174. The van der Waals surface area contributed by atoms with E-state index in [0.717, 1.165) is 45.5 Å². The molecule has 7 heteroatoms. The van der Waals surface area contributed by atoms with E-state index in [-0.39, 0.29) is 12.4 Å². The molecular weight excluding hydrogens is 470 g/mol. The maximum atomic E-state index is 13.1. The highest BCUT2D eigenvalue weighted by Crippen LogP contribution is 2.33. The van der Waals surface area contributed by atoms with Crippen LogP contribution in [0.25, 0.3) is 10.9 Å². The van der Waals surface area contributed by atoms with Crippen LogP contribution in [0.3, 0.4) is 0 Å². The Balaban J connectivity index is 1.40. The minimum absolute atomic E-state index is 0.0982. The minimum atomic E-state index is -0.0982. The zero-order valence-electron chi connectivity index (χ0n) is 20.5. The molecule has 0 saturated carbocycles. The van der Waals surface area contributed by atoms with E-state index < -0.39 is 0 Å². The van der Waals surface area contributed by atoms with Crippen LogP contribution in [0.5, 0.6) is 11.5 Å². The van der Waals surface area contributed by atoms with Gasteiger partial charge >= 0.3 is 0 Å². The third-order valence-electron chi connectivity index (χ3n) is 6.51. The van der Waals surface area contributed by atoms with Gasteiger partial charge in [0, 0.05) is 24.0 Å².